The number of halogens is 2. The van der Waals surface area contributed by atoms with Crippen LogP contribution in [0.5, 0.6) is 11.5 Å². The van der Waals surface area contributed by atoms with Crippen molar-refractivity contribution in [2.75, 3.05) is 0 Å². The number of para-hydroxylation sites is 1. The molecule has 1 saturated carbocycles. The van der Waals surface area contributed by atoms with Crippen LogP contribution in [0.25, 0.3) is 0 Å². The number of hydrogen-bond donors (Lipinski definition) is 2. The third-order valence-corrected chi connectivity index (χ3v) is 4.36. The van der Waals surface area contributed by atoms with Crippen molar-refractivity contribution in [3.8, 4) is 11.5 Å². The van der Waals surface area contributed by atoms with Gasteiger partial charge in [0.25, 0.3) is 0 Å². The lowest BCUT2D eigenvalue weighted by molar-refractivity contribution is -0.125. The van der Waals surface area contributed by atoms with Gasteiger partial charge in [-0.25, -0.2) is 8.78 Å². The molecule has 25 heavy (non-hydrogen) atoms. The first-order valence-corrected chi connectivity index (χ1v) is 8.27. The lowest BCUT2D eigenvalue weighted by Gasteiger charge is -2.12. The van der Waals surface area contributed by atoms with Crippen LogP contribution < -0.4 is 15.8 Å². The van der Waals surface area contributed by atoms with Crippen molar-refractivity contribution in [2.24, 2.45) is 11.7 Å². The Morgan fingerprint density at radius 2 is 1.88 bits per heavy atom. The van der Waals surface area contributed by atoms with E-state index in [1.54, 1.807) is 12.1 Å². The topological polar surface area (TPSA) is 64.4 Å². The van der Waals surface area contributed by atoms with Gasteiger partial charge in [-0.3, -0.25) is 4.79 Å². The van der Waals surface area contributed by atoms with Gasteiger partial charge in [-0.1, -0.05) is 18.2 Å². The van der Waals surface area contributed by atoms with Gasteiger partial charge in [-0.2, -0.15) is 0 Å². The molecule has 0 radical (unpaired) electrons. The largest absolute Gasteiger partial charge is 0.451 e. The van der Waals surface area contributed by atoms with Crippen molar-refractivity contribution in [1.29, 1.82) is 0 Å². The van der Waals surface area contributed by atoms with E-state index in [0.29, 0.717) is 12.0 Å². The van der Waals surface area contributed by atoms with E-state index in [1.807, 2.05) is 0 Å². The number of hydrogen-bond acceptors (Lipinski definition) is 3. The second-order valence-corrected chi connectivity index (χ2v) is 6.29. The Morgan fingerprint density at radius 1 is 1.12 bits per heavy atom. The van der Waals surface area contributed by atoms with Crippen molar-refractivity contribution in [1.82, 2.24) is 5.32 Å². The summed E-state index contributed by atoms with van der Waals surface area (Å²) in [4.78, 5) is 12.1. The predicted molar refractivity (Wildman–Crippen MR) is 90.0 cm³/mol. The average molecular weight is 346 g/mol. The Labute approximate surface area is 145 Å². The van der Waals surface area contributed by atoms with Gasteiger partial charge in [-0.05, 0) is 49.1 Å². The number of nitrogens with one attached hydrogen (secondary N) is 1. The van der Waals surface area contributed by atoms with E-state index in [9.17, 15) is 13.6 Å². The number of carbonyl (C=O) groups excluding carboxylic acids is 1. The maximum Gasteiger partial charge on any atom is 0.223 e. The molecule has 1 aliphatic rings. The van der Waals surface area contributed by atoms with Gasteiger partial charge in [0.15, 0.2) is 23.1 Å². The first-order chi connectivity index (χ1) is 12.0. The van der Waals surface area contributed by atoms with Crippen LogP contribution in [0, 0.1) is 17.6 Å². The monoisotopic (exact) mass is 346 g/mol. The molecule has 4 nitrogen and oxygen atoms in total. The predicted octanol–water partition coefficient (Wildman–Crippen LogP) is 3.50. The number of benzene rings is 2. The highest BCUT2D eigenvalue weighted by Crippen LogP contribution is 2.27. The smallest absolute Gasteiger partial charge is 0.223 e. The molecule has 132 valence electrons. The minimum absolute atomic E-state index is 0.0416. The van der Waals surface area contributed by atoms with E-state index in [-0.39, 0.29) is 35.9 Å². The van der Waals surface area contributed by atoms with Gasteiger partial charge in [-0.15, -0.1) is 0 Å². The van der Waals surface area contributed by atoms with Crippen molar-refractivity contribution < 1.29 is 18.3 Å². The molecule has 0 unspecified atom stereocenters. The first-order valence-electron chi connectivity index (χ1n) is 8.27. The van der Waals surface area contributed by atoms with Crippen LogP contribution in [-0.4, -0.2) is 11.9 Å². The molecule has 2 atom stereocenters. The SMILES string of the molecule is N[C@H]1CC[C@H](C(=O)NCc2ccc(Oc3ccccc3F)c(F)c2)C1. The van der Waals surface area contributed by atoms with Crippen LogP contribution in [0.2, 0.25) is 0 Å². The number of rotatable bonds is 5. The molecule has 2 aromatic rings. The Hall–Kier alpha value is -2.47. The Kier molecular flexibility index (Phi) is 5.28. The molecule has 0 bridgehead atoms. The minimum Gasteiger partial charge on any atom is -0.451 e. The highest BCUT2D eigenvalue weighted by Gasteiger charge is 2.27. The highest BCUT2D eigenvalue weighted by atomic mass is 19.1. The number of carbonyl (C=O) groups is 1. The lowest BCUT2D eigenvalue weighted by atomic mass is 10.1. The third-order valence-electron chi connectivity index (χ3n) is 4.36. The third kappa shape index (κ3) is 4.33. The van der Waals surface area contributed by atoms with Crippen LogP contribution in [0.4, 0.5) is 8.78 Å². The summed E-state index contributed by atoms with van der Waals surface area (Å²) >= 11 is 0. The van der Waals surface area contributed by atoms with Crippen LogP contribution >= 0.6 is 0 Å². The van der Waals surface area contributed by atoms with Crippen LogP contribution in [0.1, 0.15) is 24.8 Å². The van der Waals surface area contributed by atoms with E-state index < -0.39 is 11.6 Å². The molecule has 1 fully saturated rings. The Balaban J connectivity index is 1.60. The van der Waals surface area contributed by atoms with Gasteiger partial charge in [0, 0.05) is 18.5 Å². The fourth-order valence-corrected chi connectivity index (χ4v) is 2.97. The van der Waals surface area contributed by atoms with Gasteiger partial charge in [0.05, 0.1) is 0 Å². The first kappa shape index (κ1) is 17.4. The standard InChI is InChI=1S/C19H20F2N2O2/c20-15-3-1-2-4-17(15)25-18-8-5-12(9-16(18)21)11-23-19(24)13-6-7-14(22)10-13/h1-5,8-9,13-14H,6-7,10-11,22H2,(H,23,24)/t13-,14-/m0/s1. The van der Waals surface area contributed by atoms with Gasteiger partial charge in [0.1, 0.15) is 0 Å². The maximum atomic E-state index is 14.2. The zero-order valence-electron chi connectivity index (χ0n) is 13.7. The quantitative estimate of drug-likeness (QED) is 0.871. The molecule has 1 amide bonds. The molecule has 3 N–H and O–H groups in total. The molecule has 0 aliphatic heterocycles. The van der Waals surface area contributed by atoms with Crippen molar-refractivity contribution in [2.45, 2.75) is 31.8 Å². The summed E-state index contributed by atoms with van der Waals surface area (Å²) in [5.74, 6) is -1.41. The summed E-state index contributed by atoms with van der Waals surface area (Å²) in [5, 5.41) is 2.80. The van der Waals surface area contributed by atoms with E-state index in [4.69, 9.17) is 10.5 Å². The van der Waals surface area contributed by atoms with Crippen molar-refractivity contribution in [3.05, 3.63) is 59.7 Å². The number of ether oxygens (including phenoxy) is 1. The summed E-state index contributed by atoms with van der Waals surface area (Å²) in [6.45, 7) is 0.224. The fraction of sp³-hybridized carbons (Fsp3) is 0.316. The average Bonchev–Trinajstić information content (AvgIpc) is 3.03. The van der Waals surface area contributed by atoms with E-state index >= 15 is 0 Å². The molecular formula is C19H20F2N2O2. The Bertz CT molecular complexity index is 767. The summed E-state index contributed by atoms with van der Waals surface area (Å²) in [6, 6.07) is 10.2. The van der Waals surface area contributed by atoms with Gasteiger partial charge >= 0.3 is 0 Å². The molecule has 3 rings (SSSR count). The molecule has 2 aromatic carbocycles. The molecule has 0 spiro atoms. The second-order valence-electron chi connectivity index (χ2n) is 6.29. The van der Waals surface area contributed by atoms with E-state index in [1.165, 1.54) is 30.3 Å². The van der Waals surface area contributed by atoms with Crippen LogP contribution in [-0.2, 0) is 11.3 Å². The zero-order chi connectivity index (χ0) is 17.8. The molecule has 0 heterocycles. The second kappa shape index (κ2) is 7.61. The number of nitrogens with two attached hydrogens (primary N) is 1. The van der Waals surface area contributed by atoms with Crippen molar-refractivity contribution >= 4 is 5.91 Å². The highest BCUT2D eigenvalue weighted by molar-refractivity contribution is 5.79. The maximum absolute atomic E-state index is 14.2. The normalized spacial score (nSPS) is 19.6. The van der Waals surface area contributed by atoms with Crippen LogP contribution in [0.3, 0.4) is 0 Å². The molecule has 0 saturated heterocycles. The summed E-state index contributed by atoms with van der Waals surface area (Å²) < 4.78 is 33.0. The molecular weight excluding hydrogens is 326 g/mol. The minimum atomic E-state index is -0.613. The van der Waals surface area contributed by atoms with Gasteiger partial charge in [0.2, 0.25) is 5.91 Å². The van der Waals surface area contributed by atoms with E-state index in [2.05, 4.69) is 5.32 Å². The molecule has 0 aromatic heterocycles. The fourth-order valence-electron chi connectivity index (χ4n) is 2.97. The molecule has 6 heteroatoms. The Morgan fingerprint density at radius 3 is 2.56 bits per heavy atom. The van der Waals surface area contributed by atoms with Gasteiger partial charge < -0.3 is 15.8 Å². The zero-order valence-corrected chi connectivity index (χ0v) is 13.7. The van der Waals surface area contributed by atoms with Crippen LogP contribution in [0.15, 0.2) is 42.5 Å². The lowest BCUT2D eigenvalue weighted by Crippen LogP contribution is -2.30. The van der Waals surface area contributed by atoms with E-state index in [0.717, 1.165) is 12.8 Å². The summed E-state index contributed by atoms with van der Waals surface area (Å²) in [6.07, 6.45) is 2.33. The molecule has 1 aliphatic carbocycles. The van der Waals surface area contributed by atoms with Crippen molar-refractivity contribution in [3.63, 3.8) is 0 Å². The summed E-state index contributed by atoms with van der Waals surface area (Å²) in [7, 11) is 0. The summed E-state index contributed by atoms with van der Waals surface area (Å²) in [5.41, 5.74) is 6.42. The number of amides is 1.